The van der Waals surface area contributed by atoms with Crippen molar-refractivity contribution in [3.05, 3.63) is 53.5 Å². The van der Waals surface area contributed by atoms with E-state index in [1.165, 1.54) is 18.4 Å². The molecule has 18 heavy (non-hydrogen) atoms. The maximum atomic E-state index is 12.6. The number of halogens is 3. The molecule has 0 fully saturated rings. The molecule has 2 rings (SSSR count). The molecule has 3 N–H and O–H groups in total. The summed E-state index contributed by atoms with van der Waals surface area (Å²) in [5.74, 6) is 0.140. The van der Waals surface area contributed by atoms with E-state index < -0.39 is 17.8 Å². The van der Waals surface area contributed by atoms with Crippen LogP contribution in [0.1, 0.15) is 23.0 Å². The molecule has 0 aliphatic heterocycles. The minimum atomic E-state index is -4.48. The molecule has 0 spiro atoms. The van der Waals surface area contributed by atoms with Crippen LogP contribution < -0.4 is 5.73 Å². The highest BCUT2D eigenvalue weighted by molar-refractivity contribution is 5.51. The van der Waals surface area contributed by atoms with Gasteiger partial charge in [0.25, 0.3) is 0 Å². The molecule has 6 heteroatoms. The van der Waals surface area contributed by atoms with Gasteiger partial charge in [-0.05, 0) is 30.3 Å². The molecule has 2 aromatic rings. The first kappa shape index (κ1) is 12.5. The molecule has 0 aliphatic rings. The molecule has 1 atom stereocenters. The summed E-state index contributed by atoms with van der Waals surface area (Å²) in [4.78, 5) is 0. The number of aliphatic hydroxyl groups excluding tert-OH is 1. The predicted molar refractivity (Wildman–Crippen MR) is 58.6 cm³/mol. The summed E-state index contributed by atoms with van der Waals surface area (Å²) in [5, 5.41) is 9.91. The van der Waals surface area contributed by atoms with Crippen molar-refractivity contribution in [3.8, 4) is 0 Å². The Kier molecular flexibility index (Phi) is 3.04. The lowest BCUT2D eigenvalue weighted by Gasteiger charge is -2.14. The summed E-state index contributed by atoms with van der Waals surface area (Å²) >= 11 is 0. The molecule has 1 heterocycles. The van der Waals surface area contributed by atoms with Gasteiger partial charge in [-0.25, -0.2) is 0 Å². The average Bonchev–Trinajstić information content (AvgIpc) is 2.80. The lowest BCUT2D eigenvalue weighted by atomic mass is 10.0. The second-order valence-electron chi connectivity index (χ2n) is 3.76. The molecule has 0 amide bonds. The number of nitrogens with two attached hydrogens (primary N) is 1. The van der Waals surface area contributed by atoms with Crippen molar-refractivity contribution in [2.75, 3.05) is 5.73 Å². The van der Waals surface area contributed by atoms with Gasteiger partial charge in [0, 0.05) is 11.3 Å². The van der Waals surface area contributed by atoms with Crippen LogP contribution in [0.2, 0.25) is 0 Å². The van der Waals surface area contributed by atoms with E-state index in [1.807, 2.05) is 0 Å². The second-order valence-corrected chi connectivity index (χ2v) is 3.76. The molecule has 0 saturated carbocycles. The van der Waals surface area contributed by atoms with Gasteiger partial charge in [0.1, 0.15) is 11.9 Å². The summed E-state index contributed by atoms with van der Waals surface area (Å²) in [5.41, 5.74) is 4.75. The lowest BCUT2D eigenvalue weighted by Crippen LogP contribution is -2.09. The first-order valence-electron chi connectivity index (χ1n) is 5.07. The summed E-state index contributed by atoms with van der Waals surface area (Å²) in [7, 11) is 0. The van der Waals surface area contributed by atoms with E-state index in [2.05, 4.69) is 0 Å². The number of hydrogen-bond donors (Lipinski definition) is 2. The number of anilines is 1. The molecule has 3 nitrogen and oxygen atoms in total. The molecule has 1 unspecified atom stereocenters. The van der Waals surface area contributed by atoms with Gasteiger partial charge in [0.05, 0.1) is 11.8 Å². The Morgan fingerprint density at radius 3 is 2.50 bits per heavy atom. The maximum Gasteiger partial charge on any atom is 0.416 e. The van der Waals surface area contributed by atoms with E-state index in [-0.39, 0.29) is 17.0 Å². The van der Waals surface area contributed by atoms with Crippen LogP contribution in [0.4, 0.5) is 18.9 Å². The Morgan fingerprint density at radius 1 is 1.22 bits per heavy atom. The second kappa shape index (κ2) is 4.38. The van der Waals surface area contributed by atoms with Crippen molar-refractivity contribution in [3.63, 3.8) is 0 Å². The zero-order valence-corrected chi connectivity index (χ0v) is 9.11. The maximum absolute atomic E-state index is 12.6. The fourth-order valence-electron chi connectivity index (χ4n) is 1.59. The Morgan fingerprint density at radius 2 is 1.94 bits per heavy atom. The van der Waals surface area contributed by atoms with Crippen molar-refractivity contribution in [2.24, 2.45) is 0 Å². The Labute approximate surface area is 101 Å². The van der Waals surface area contributed by atoms with Gasteiger partial charge in [-0.3, -0.25) is 0 Å². The van der Waals surface area contributed by atoms with Gasteiger partial charge in [-0.15, -0.1) is 0 Å². The molecular weight excluding hydrogens is 247 g/mol. The van der Waals surface area contributed by atoms with Crippen molar-refractivity contribution in [1.29, 1.82) is 0 Å². The van der Waals surface area contributed by atoms with Gasteiger partial charge in [0.15, 0.2) is 0 Å². The molecule has 1 aromatic heterocycles. The number of benzene rings is 1. The van der Waals surface area contributed by atoms with E-state index in [4.69, 9.17) is 10.2 Å². The molecule has 96 valence electrons. The van der Waals surface area contributed by atoms with Crippen molar-refractivity contribution in [1.82, 2.24) is 0 Å². The molecule has 0 aliphatic carbocycles. The largest absolute Gasteiger partial charge is 0.466 e. The number of aliphatic hydroxyl groups is 1. The monoisotopic (exact) mass is 257 g/mol. The van der Waals surface area contributed by atoms with Gasteiger partial charge in [-0.1, -0.05) is 0 Å². The van der Waals surface area contributed by atoms with Crippen LogP contribution in [0, 0.1) is 0 Å². The fraction of sp³-hybridized carbons (Fsp3) is 0.167. The smallest absolute Gasteiger partial charge is 0.416 e. The van der Waals surface area contributed by atoms with Crippen LogP contribution in [0.15, 0.2) is 41.0 Å². The zero-order chi connectivity index (χ0) is 13.3. The molecule has 1 aromatic carbocycles. The topological polar surface area (TPSA) is 59.4 Å². The standard InChI is InChI=1S/C12H10F3NO2/c13-12(14,15)7-3-4-9(16)8(6-7)11(17)10-2-1-5-18-10/h1-6,11,17H,16H2. The summed E-state index contributed by atoms with van der Waals surface area (Å²) in [6.45, 7) is 0. The van der Waals surface area contributed by atoms with Crippen LogP contribution >= 0.6 is 0 Å². The third kappa shape index (κ3) is 2.33. The van der Waals surface area contributed by atoms with Gasteiger partial charge in [-0.2, -0.15) is 13.2 Å². The van der Waals surface area contributed by atoms with Crippen LogP contribution in [-0.4, -0.2) is 5.11 Å². The van der Waals surface area contributed by atoms with Crippen molar-refractivity contribution < 1.29 is 22.7 Å². The first-order chi connectivity index (χ1) is 8.39. The van der Waals surface area contributed by atoms with Crippen LogP contribution in [0.25, 0.3) is 0 Å². The highest BCUT2D eigenvalue weighted by Gasteiger charge is 2.31. The quantitative estimate of drug-likeness (QED) is 0.813. The average molecular weight is 257 g/mol. The summed E-state index contributed by atoms with van der Waals surface area (Å²) < 4.78 is 42.6. The molecular formula is C12H10F3NO2. The molecule has 0 bridgehead atoms. The zero-order valence-electron chi connectivity index (χ0n) is 9.11. The third-order valence-corrected chi connectivity index (χ3v) is 2.52. The van der Waals surface area contributed by atoms with Gasteiger partial charge < -0.3 is 15.3 Å². The highest BCUT2D eigenvalue weighted by atomic mass is 19.4. The molecule has 0 saturated heterocycles. The predicted octanol–water partition coefficient (Wildman–Crippen LogP) is 2.96. The number of rotatable bonds is 2. The number of alkyl halides is 3. The van der Waals surface area contributed by atoms with E-state index in [0.717, 1.165) is 18.2 Å². The third-order valence-electron chi connectivity index (χ3n) is 2.52. The molecule has 0 radical (unpaired) electrons. The van der Waals surface area contributed by atoms with Crippen molar-refractivity contribution >= 4 is 5.69 Å². The van der Waals surface area contributed by atoms with Crippen LogP contribution in [-0.2, 0) is 6.18 Å². The Balaban J connectivity index is 2.44. The van der Waals surface area contributed by atoms with Gasteiger partial charge in [0.2, 0.25) is 0 Å². The van der Waals surface area contributed by atoms with E-state index >= 15 is 0 Å². The van der Waals surface area contributed by atoms with E-state index in [1.54, 1.807) is 0 Å². The Bertz CT molecular complexity index is 535. The van der Waals surface area contributed by atoms with Crippen LogP contribution in [0.5, 0.6) is 0 Å². The van der Waals surface area contributed by atoms with E-state index in [9.17, 15) is 18.3 Å². The summed E-state index contributed by atoms with van der Waals surface area (Å²) in [6.07, 6.45) is -4.48. The number of hydrogen-bond acceptors (Lipinski definition) is 3. The van der Waals surface area contributed by atoms with Crippen LogP contribution in [0.3, 0.4) is 0 Å². The SMILES string of the molecule is Nc1ccc(C(F)(F)F)cc1C(O)c1ccco1. The minimum absolute atomic E-state index is 0.0280. The Hall–Kier alpha value is -1.95. The van der Waals surface area contributed by atoms with Gasteiger partial charge >= 0.3 is 6.18 Å². The fourth-order valence-corrected chi connectivity index (χ4v) is 1.59. The number of furan rings is 1. The first-order valence-corrected chi connectivity index (χ1v) is 5.07. The minimum Gasteiger partial charge on any atom is -0.466 e. The lowest BCUT2D eigenvalue weighted by molar-refractivity contribution is -0.137. The number of nitrogen functional groups attached to an aromatic ring is 1. The van der Waals surface area contributed by atoms with Crippen molar-refractivity contribution in [2.45, 2.75) is 12.3 Å². The highest BCUT2D eigenvalue weighted by Crippen LogP contribution is 2.34. The summed E-state index contributed by atoms with van der Waals surface area (Å²) in [6, 6.07) is 5.80. The van der Waals surface area contributed by atoms with E-state index in [0.29, 0.717) is 0 Å². The normalized spacial score (nSPS) is 13.6.